The van der Waals surface area contributed by atoms with E-state index < -0.39 is 22.0 Å². The fourth-order valence-electron chi connectivity index (χ4n) is 4.87. The molecule has 0 aliphatic carbocycles. The highest BCUT2D eigenvalue weighted by Gasteiger charge is 2.42. The number of hydrogen-bond donors (Lipinski definition) is 2. The number of thiocarbonyl (C=S) groups is 1. The summed E-state index contributed by atoms with van der Waals surface area (Å²) < 4.78 is 38.8. The number of esters is 1. The third-order valence-electron chi connectivity index (χ3n) is 6.51. The molecule has 2 aromatic carbocycles. The number of carbonyl (C=O) groups excluding carboxylic acids is 1. The molecule has 206 valence electrons. The zero-order chi connectivity index (χ0) is 28.4. The molecule has 0 unspecified atom stereocenters. The summed E-state index contributed by atoms with van der Waals surface area (Å²) in [6.45, 7) is 0. The molecule has 0 radical (unpaired) electrons. The van der Waals surface area contributed by atoms with Crippen LogP contribution in [0, 0.1) is 0 Å². The zero-order valence-corrected chi connectivity index (χ0v) is 23.6. The van der Waals surface area contributed by atoms with Gasteiger partial charge < -0.3 is 24.3 Å². The Hall–Kier alpha value is -4.42. The number of methoxy groups -OCH3 is 2. The van der Waals surface area contributed by atoms with Crippen molar-refractivity contribution in [2.75, 3.05) is 30.1 Å². The predicted octanol–water partition coefficient (Wildman–Crippen LogP) is 4.22. The number of para-hydroxylation sites is 1. The van der Waals surface area contributed by atoms with Gasteiger partial charge in [-0.2, -0.15) is 0 Å². The molecule has 5 rings (SSSR count). The minimum absolute atomic E-state index is 0.306. The molecule has 4 aromatic rings. The Morgan fingerprint density at radius 3 is 2.52 bits per heavy atom. The highest BCUT2D eigenvalue weighted by Crippen LogP contribution is 2.44. The molecule has 1 aliphatic heterocycles. The van der Waals surface area contributed by atoms with E-state index in [0.717, 1.165) is 17.6 Å². The number of nitrogens with zero attached hydrogens (tertiary/aromatic N) is 3. The molecule has 1 aliphatic rings. The molecule has 12 heteroatoms. The molecule has 2 N–H and O–H groups in total. The maximum absolute atomic E-state index is 12.6. The number of nitrogens with one attached hydrogen (secondary N) is 2. The summed E-state index contributed by atoms with van der Waals surface area (Å²) in [7, 11) is -0.705. The maximum Gasteiger partial charge on any atom is 0.339 e. The van der Waals surface area contributed by atoms with Crippen molar-refractivity contribution < 1.29 is 22.7 Å². The summed E-state index contributed by atoms with van der Waals surface area (Å²) in [6.07, 6.45) is 4.68. The number of benzene rings is 2. The van der Waals surface area contributed by atoms with Gasteiger partial charge in [-0.15, -0.1) is 0 Å². The number of carbonyl (C=O) groups is 1. The molecule has 1 saturated heterocycles. The lowest BCUT2D eigenvalue weighted by atomic mass is 10.00. The minimum Gasteiger partial charge on any atom is -0.494 e. The quantitative estimate of drug-likeness (QED) is 0.235. The van der Waals surface area contributed by atoms with Crippen molar-refractivity contribution in [3.63, 3.8) is 0 Å². The van der Waals surface area contributed by atoms with Crippen molar-refractivity contribution in [3.05, 3.63) is 102 Å². The second kappa shape index (κ2) is 11.0. The molecule has 0 spiro atoms. The van der Waals surface area contributed by atoms with Gasteiger partial charge in [0.25, 0.3) is 0 Å². The van der Waals surface area contributed by atoms with Crippen molar-refractivity contribution >= 4 is 44.7 Å². The van der Waals surface area contributed by atoms with Gasteiger partial charge in [-0.05, 0) is 60.7 Å². The van der Waals surface area contributed by atoms with Crippen LogP contribution in [0.5, 0.6) is 5.75 Å². The van der Waals surface area contributed by atoms with Crippen LogP contribution in [0.4, 0.5) is 11.4 Å². The van der Waals surface area contributed by atoms with E-state index >= 15 is 0 Å². The summed E-state index contributed by atoms with van der Waals surface area (Å²) in [5.74, 6) is -0.121. The molecule has 0 amide bonds. The van der Waals surface area contributed by atoms with Crippen LogP contribution in [-0.2, 0) is 14.8 Å². The second-order valence-electron chi connectivity index (χ2n) is 9.07. The third kappa shape index (κ3) is 5.23. The van der Waals surface area contributed by atoms with Crippen molar-refractivity contribution in [1.29, 1.82) is 0 Å². The molecule has 1 fully saturated rings. The number of ether oxygens (including phenoxy) is 2. The van der Waals surface area contributed by atoms with Crippen LogP contribution in [0.3, 0.4) is 0 Å². The lowest BCUT2D eigenvalue weighted by Gasteiger charge is -2.29. The molecule has 3 heterocycles. The van der Waals surface area contributed by atoms with E-state index in [1.165, 1.54) is 14.2 Å². The van der Waals surface area contributed by atoms with E-state index in [-0.39, 0.29) is 6.04 Å². The SMILES string of the molecule is COC(=O)c1ccccc1-n1cccc1[C@H]1[C@H](c2ccccn2)NC(=S)N1c1ccc(NS(C)(=O)=O)c(OC)c1. The van der Waals surface area contributed by atoms with Gasteiger partial charge in [0.2, 0.25) is 10.0 Å². The average Bonchev–Trinajstić information content (AvgIpc) is 3.56. The Morgan fingerprint density at radius 1 is 1.05 bits per heavy atom. The standard InChI is InChI=1S/C28H27N5O5S2/c1-37-24-17-18(13-14-20(24)31-40(3,35)36)33-26(25(30-28(33)39)21-10-6-7-15-29-21)23-12-8-16-32(23)22-11-5-4-9-19(22)27(34)38-2/h4-17,25-26,31H,1-3H3,(H,30,39)/t25-,26-/m0/s1. The first-order chi connectivity index (χ1) is 19.2. The van der Waals surface area contributed by atoms with Crippen molar-refractivity contribution in [2.45, 2.75) is 12.1 Å². The first-order valence-electron chi connectivity index (χ1n) is 12.2. The van der Waals surface area contributed by atoms with Crippen LogP contribution >= 0.6 is 12.2 Å². The van der Waals surface area contributed by atoms with Gasteiger partial charge in [0.15, 0.2) is 5.11 Å². The number of anilines is 2. The van der Waals surface area contributed by atoms with Crippen LogP contribution in [0.2, 0.25) is 0 Å². The molecule has 10 nitrogen and oxygen atoms in total. The first kappa shape index (κ1) is 27.2. The van der Waals surface area contributed by atoms with E-state index in [1.807, 2.05) is 58.1 Å². The van der Waals surface area contributed by atoms with E-state index in [0.29, 0.717) is 33.5 Å². The number of pyridine rings is 1. The Bertz CT molecular complexity index is 1670. The maximum atomic E-state index is 12.6. The van der Waals surface area contributed by atoms with Gasteiger partial charge in [0, 0.05) is 29.8 Å². The van der Waals surface area contributed by atoms with Crippen LogP contribution in [0.15, 0.2) is 85.2 Å². The van der Waals surface area contributed by atoms with Crippen molar-refractivity contribution in [3.8, 4) is 11.4 Å². The fraction of sp³-hybridized carbons (Fsp3) is 0.179. The van der Waals surface area contributed by atoms with Gasteiger partial charge in [-0.25, -0.2) is 13.2 Å². The van der Waals surface area contributed by atoms with Gasteiger partial charge in [0.05, 0.1) is 49.1 Å². The third-order valence-corrected chi connectivity index (χ3v) is 7.41. The highest BCUT2D eigenvalue weighted by molar-refractivity contribution is 7.92. The minimum atomic E-state index is -3.52. The lowest BCUT2D eigenvalue weighted by molar-refractivity contribution is 0.0600. The van der Waals surface area contributed by atoms with Crippen LogP contribution in [0.25, 0.3) is 5.69 Å². The van der Waals surface area contributed by atoms with Crippen LogP contribution in [0.1, 0.15) is 33.8 Å². The number of sulfonamides is 1. The summed E-state index contributed by atoms with van der Waals surface area (Å²) in [5.41, 5.74) is 3.64. The van der Waals surface area contributed by atoms with Crippen LogP contribution < -0.4 is 19.7 Å². The summed E-state index contributed by atoms with van der Waals surface area (Å²) in [4.78, 5) is 19.2. The smallest absolute Gasteiger partial charge is 0.339 e. The average molecular weight is 578 g/mol. The van der Waals surface area contributed by atoms with Gasteiger partial charge >= 0.3 is 5.97 Å². The molecule has 2 atom stereocenters. The Labute approximate surface area is 237 Å². The van der Waals surface area contributed by atoms with E-state index in [9.17, 15) is 13.2 Å². The normalized spacial score (nSPS) is 16.9. The van der Waals surface area contributed by atoms with Gasteiger partial charge in [0.1, 0.15) is 11.8 Å². The molecule has 40 heavy (non-hydrogen) atoms. The predicted molar refractivity (Wildman–Crippen MR) is 157 cm³/mol. The largest absolute Gasteiger partial charge is 0.494 e. The molecular weight excluding hydrogens is 550 g/mol. The summed E-state index contributed by atoms with van der Waals surface area (Å²) >= 11 is 5.85. The van der Waals surface area contributed by atoms with Crippen molar-refractivity contribution in [2.24, 2.45) is 0 Å². The number of hydrogen-bond acceptors (Lipinski definition) is 7. The Morgan fingerprint density at radius 2 is 1.82 bits per heavy atom. The highest BCUT2D eigenvalue weighted by atomic mass is 32.2. The first-order valence-corrected chi connectivity index (χ1v) is 14.5. The molecule has 2 aromatic heterocycles. The lowest BCUT2D eigenvalue weighted by Crippen LogP contribution is -2.30. The van der Waals surface area contributed by atoms with Gasteiger partial charge in [-0.1, -0.05) is 18.2 Å². The van der Waals surface area contributed by atoms with E-state index in [4.69, 9.17) is 21.7 Å². The molecular formula is C28H27N5O5S2. The van der Waals surface area contributed by atoms with Crippen LogP contribution in [-0.4, -0.2) is 49.5 Å². The summed E-state index contributed by atoms with van der Waals surface area (Å²) in [5, 5.41) is 3.86. The summed E-state index contributed by atoms with van der Waals surface area (Å²) in [6, 6.07) is 21.1. The zero-order valence-electron chi connectivity index (χ0n) is 21.9. The number of rotatable bonds is 8. The molecule has 0 saturated carbocycles. The molecule has 0 bridgehead atoms. The van der Waals surface area contributed by atoms with E-state index in [2.05, 4.69) is 15.0 Å². The van der Waals surface area contributed by atoms with Gasteiger partial charge in [-0.3, -0.25) is 9.71 Å². The topological polar surface area (TPSA) is 115 Å². The number of aromatic nitrogens is 2. The van der Waals surface area contributed by atoms with Crippen molar-refractivity contribution in [1.82, 2.24) is 14.9 Å². The second-order valence-corrected chi connectivity index (χ2v) is 11.2. The van der Waals surface area contributed by atoms with E-state index in [1.54, 1.807) is 36.5 Å². The Balaban J connectivity index is 1.67. The Kier molecular flexibility index (Phi) is 7.46. The monoisotopic (exact) mass is 577 g/mol. The fourth-order valence-corrected chi connectivity index (χ4v) is 5.78.